The zero-order chi connectivity index (χ0) is 17.6. The van der Waals surface area contributed by atoms with E-state index in [-0.39, 0.29) is 0 Å². The first-order valence-corrected chi connectivity index (χ1v) is 9.96. The molecule has 0 rings (SSSR count). The lowest BCUT2D eigenvalue weighted by atomic mass is 10.1. The average Bonchev–Trinajstić information content (AvgIpc) is 2.60. The van der Waals surface area contributed by atoms with Gasteiger partial charge in [-0.15, -0.1) is 0 Å². The first-order chi connectivity index (χ1) is 11.9. The fraction of sp³-hybridized carbons (Fsp3) is 0.542. The Bertz CT molecular complexity index is 365. The summed E-state index contributed by atoms with van der Waals surface area (Å²) in [6.07, 6.45) is 37.0. The van der Waals surface area contributed by atoms with Crippen molar-refractivity contribution in [2.24, 2.45) is 0 Å². The normalized spacial score (nSPS) is 12.9. The van der Waals surface area contributed by atoms with Gasteiger partial charge in [0, 0.05) is 0 Å². The maximum Gasteiger partial charge on any atom is -0.0169 e. The lowest BCUT2D eigenvalue weighted by Crippen LogP contribution is -1.77. The molecule has 135 valence electrons. The minimum atomic E-state index is 1.04. The molecule has 0 aromatic heterocycles. The number of allylic oxidation sites excluding steroid dienone is 10. The van der Waals surface area contributed by atoms with Crippen molar-refractivity contribution in [3.63, 3.8) is 0 Å². The summed E-state index contributed by atoms with van der Waals surface area (Å²) in [6.45, 7) is 6.05. The number of hydrogen-bond acceptors (Lipinski definition) is 0. The summed E-state index contributed by atoms with van der Waals surface area (Å²) in [5.41, 5.74) is 0. The standard InChI is InChI=1S/C24H39/c1-3-5-7-9-11-13-15-17-19-21-23-24-22-20-18-16-14-12-10-8-6-4-2/h6,8,12,14,17-20,23-24H,1,3-5,7,9-11,13,15-16,21-22H2,2H3. The molecule has 24 heavy (non-hydrogen) atoms. The van der Waals surface area contributed by atoms with Crippen molar-refractivity contribution in [2.45, 2.75) is 84.0 Å². The fourth-order valence-electron chi connectivity index (χ4n) is 2.34. The quantitative estimate of drug-likeness (QED) is 0.197. The highest BCUT2D eigenvalue weighted by atomic mass is 13.9. The van der Waals surface area contributed by atoms with E-state index in [1.54, 1.807) is 0 Å². The van der Waals surface area contributed by atoms with Gasteiger partial charge in [-0.1, -0.05) is 107 Å². The van der Waals surface area contributed by atoms with Crippen LogP contribution in [-0.2, 0) is 0 Å². The summed E-state index contributed by atoms with van der Waals surface area (Å²) in [7, 11) is 0. The molecule has 0 aromatic rings. The molecule has 0 heteroatoms. The highest BCUT2D eigenvalue weighted by Crippen LogP contribution is 2.07. The van der Waals surface area contributed by atoms with Crippen LogP contribution in [-0.4, -0.2) is 0 Å². The predicted molar refractivity (Wildman–Crippen MR) is 112 cm³/mol. The van der Waals surface area contributed by atoms with Crippen molar-refractivity contribution in [2.75, 3.05) is 0 Å². The summed E-state index contributed by atoms with van der Waals surface area (Å²) in [4.78, 5) is 0. The topological polar surface area (TPSA) is 0 Å². The first-order valence-electron chi connectivity index (χ1n) is 9.96. The SMILES string of the molecule is [CH2]CCCCCCCC=CCC=CCC=CCC=CCC=CCC. The Morgan fingerprint density at radius 1 is 0.500 bits per heavy atom. The molecule has 0 N–H and O–H groups in total. The van der Waals surface area contributed by atoms with E-state index in [1.165, 1.54) is 38.5 Å². The van der Waals surface area contributed by atoms with Crippen LogP contribution in [0.1, 0.15) is 84.0 Å². The third kappa shape index (κ3) is 20.7. The summed E-state index contributed by atoms with van der Waals surface area (Å²) in [6, 6.07) is 0. The maximum absolute atomic E-state index is 3.88. The molecule has 0 atom stereocenters. The lowest BCUT2D eigenvalue weighted by Gasteiger charge is -1.97. The van der Waals surface area contributed by atoms with Crippen LogP contribution in [0.5, 0.6) is 0 Å². The van der Waals surface area contributed by atoms with Crippen LogP contribution >= 0.6 is 0 Å². The number of unbranched alkanes of at least 4 members (excludes halogenated alkanes) is 6. The van der Waals surface area contributed by atoms with Crippen LogP contribution < -0.4 is 0 Å². The Labute approximate surface area is 152 Å². The Morgan fingerprint density at radius 2 is 0.917 bits per heavy atom. The molecule has 0 aromatic carbocycles. The Hall–Kier alpha value is -1.30. The Balaban J connectivity index is 3.37. The molecule has 0 nitrogen and oxygen atoms in total. The Morgan fingerprint density at radius 3 is 1.42 bits per heavy atom. The van der Waals surface area contributed by atoms with Crippen LogP contribution in [0.2, 0.25) is 0 Å². The molecule has 0 unspecified atom stereocenters. The van der Waals surface area contributed by atoms with Crippen LogP contribution in [0.3, 0.4) is 0 Å². The van der Waals surface area contributed by atoms with Gasteiger partial charge in [-0.2, -0.15) is 0 Å². The van der Waals surface area contributed by atoms with E-state index < -0.39 is 0 Å². The van der Waals surface area contributed by atoms with E-state index in [1.807, 2.05) is 0 Å². The zero-order valence-electron chi connectivity index (χ0n) is 16.0. The molecule has 0 saturated carbocycles. The molecule has 0 spiro atoms. The molecule has 0 aliphatic heterocycles. The minimum absolute atomic E-state index is 1.04. The summed E-state index contributed by atoms with van der Waals surface area (Å²) in [5.74, 6) is 0. The van der Waals surface area contributed by atoms with Gasteiger partial charge in [-0.05, 0) is 44.9 Å². The van der Waals surface area contributed by atoms with E-state index in [2.05, 4.69) is 74.6 Å². The van der Waals surface area contributed by atoms with Crippen molar-refractivity contribution < 1.29 is 0 Å². The second-order valence-electron chi connectivity index (χ2n) is 6.12. The number of hydrogen-bond donors (Lipinski definition) is 0. The number of rotatable bonds is 16. The van der Waals surface area contributed by atoms with Gasteiger partial charge in [0.15, 0.2) is 0 Å². The van der Waals surface area contributed by atoms with E-state index in [0.717, 1.165) is 38.5 Å². The average molecular weight is 328 g/mol. The Kier molecular flexibility index (Phi) is 20.5. The molecule has 1 radical (unpaired) electrons. The summed E-state index contributed by atoms with van der Waals surface area (Å²) < 4.78 is 0. The molecular weight excluding hydrogens is 288 g/mol. The lowest BCUT2D eigenvalue weighted by molar-refractivity contribution is 0.621. The van der Waals surface area contributed by atoms with Crippen LogP contribution in [0.25, 0.3) is 0 Å². The smallest absolute Gasteiger partial charge is 0.0169 e. The van der Waals surface area contributed by atoms with Gasteiger partial charge < -0.3 is 0 Å². The van der Waals surface area contributed by atoms with Crippen LogP contribution in [0, 0.1) is 6.92 Å². The third-order valence-electron chi connectivity index (χ3n) is 3.78. The van der Waals surface area contributed by atoms with Crippen molar-refractivity contribution in [3.05, 3.63) is 67.7 Å². The van der Waals surface area contributed by atoms with Crippen molar-refractivity contribution in [1.82, 2.24) is 0 Å². The molecule has 0 amide bonds. The predicted octanol–water partition coefficient (Wildman–Crippen LogP) is 8.30. The molecule has 0 aliphatic rings. The fourth-order valence-corrected chi connectivity index (χ4v) is 2.34. The van der Waals surface area contributed by atoms with Crippen molar-refractivity contribution >= 4 is 0 Å². The van der Waals surface area contributed by atoms with E-state index in [9.17, 15) is 0 Å². The molecule has 0 saturated heterocycles. The third-order valence-corrected chi connectivity index (χ3v) is 3.78. The zero-order valence-corrected chi connectivity index (χ0v) is 16.0. The van der Waals surface area contributed by atoms with Gasteiger partial charge in [-0.25, -0.2) is 0 Å². The summed E-state index contributed by atoms with van der Waals surface area (Å²) >= 11 is 0. The van der Waals surface area contributed by atoms with Gasteiger partial charge in [0.1, 0.15) is 0 Å². The van der Waals surface area contributed by atoms with E-state index in [4.69, 9.17) is 0 Å². The first kappa shape index (κ1) is 22.7. The van der Waals surface area contributed by atoms with Crippen LogP contribution in [0.4, 0.5) is 0 Å². The van der Waals surface area contributed by atoms with Crippen LogP contribution in [0.15, 0.2) is 60.8 Å². The molecule has 0 heterocycles. The second-order valence-corrected chi connectivity index (χ2v) is 6.12. The minimum Gasteiger partial charge on any atom is -0.0885 e. The van der Waals surface area contributed by atoms with E-state index in [0.29, 0.717) is 0 Å². The highest BCUT2D eigenvalue weighted by Gasteiger charge is 1.87. The second kappa shape index (κ2) is 21.7. The van der Waals surface area contributed by atoms with Gasteiger partial charge in [0.25, 0.3) is 0 Å². The largest absolute Gasteiger partial charge is 0.0885 e. The van der Waals surface area contributed by atoms with Gasteiger partial charge in [0.2, 0.25) is 0 Å². The monoisotopic (exact) mass is 327 g/mol. The van der Waals surface area contributed by atoms with E-state index >= 15 is 0 Å². The summed E-state index contributed by atoms with van der Waals surface area (Å²) in [5, 5.41) is 0. The molecule has 0 aliphatic carbocycles. The highest BCUT2D eigenvalue weighted by molar-refractivity contribution is 5.00. The van der Waals surface area contributed by atoms with Crippen molar-refractivity contribution in [3.8, 4) is 0 Å². The molecule has 0 bridgehead atoms. The molecular formula is C24H39. The maximum atomic E-state index is 3.88. The van der Waals surface area contributed by atoms with Gasteiger partial charge in [-0.3, -0.25) is 0 Å². The molecule has 0 fully saturated rings. The van der Waals surface area contributed by atoms with Crippen molar-refractivity contribution in [1.29, 1.82) is 0 Å². The van der Waals surface area contributed by atoms with Gasteiger partial charge >= 0.3 is 0 Å². The van der Waals surface area contributed by atoms with Gasteiger partial charge in [0.05, 0.1) is 0 Å².